The zero-order valence-corrected chi connectivity index (χ0v) is 18.4. The van der Waals surface area contributed by atoms with Gasteiger partial charge in [0.05, 0.1) is 41.4 Å². The number of benzene rings is 1. The van der Waals surface area contributed by atoms with Gasteiger partial charge in [-0.2, -0.15) is 0 Å². The molecule has 10 heteroatoms. The van der Waals surface area contributed by atoms with Gasteiger partial charge in [0.15, 0.2) is 5.82 Å². The number of nitrogens with zero attached hydrogens (tertiary/aromatic N) is 4. The van der Waals surface area contributed by atoms with Gasteiger partial charge in [-0.05, 0) is 44.1 Å². The van der Waals surface area contributed by atoms with Crippen LogP contribution in [0.3, 0.4) is 0 Å². The van der Waals surface area contributed by atoms with Crippen molar-refractivity contribution in [1.82, 2.24) is 29.7 Å². The Morgan fingerprint density at radius 1 is 1.18 bits per heavy atom. The van der Waals surface area contributed by atoms with E-state index in [-0.39, 0.29) is 36.1 Å². The molecule has 8 nitrogen and oxygen atoms in total. The van der Waals surface area contributed by atoms with Crippen molar-refractivity contribution in [1.29, 1.82) is 0 Å². The van der Waals surface area contributed by atoms with Gasteiger partial charge < -0.3 is 20.0 Å². The highest BCUT2D eigenvalue weighted by Gasteiger charge is 2.43. The number of aromatic nitrogens is 4. The van der Waals surface area contributed by atoms with Crippen molar-refractivity contribution in [2.45, 2.75) is 37.6 Å². The second-order valence-electron chi connectivity index (χ2n) is 9.26. The Kier molecular flexibility index (Phi) is 4.98. The number of piperidine rings is 1. The number of β-amino-alcohol motifs (C(OH)–C–C–N with tert-alkyl or cyclic N) is 1. The van der Waals surface area contributed by atoms with Crippen LogP contribution in [0, 0.1) is 11.6 Å². The molecule has 0 saturated carbocycles. The summed E-state index contributed by atoms with van der Waals surface area (Å²) in [5, 5.41) is 14.9. The molecule has 0 radical (unpaired) electrons. The van der Waals surface area contributed by atoms with E-state index >= 15 is 0 Å². The highest BCUT2D eigenvalue weighted by Crippen LogP contribution is 2.37. The van der Waals surface area contributed by atoms with Crippen molar-refractivity contribution in [3.8, 4) is 0 Å². The summed E-state index contributed by atoms with van der Waals surface area (Å²) in [5.41, 5.74) is 0.301. The van der Waals surface area contributed by atoms with Crippen molar-refractivity contribution in [2.24, 2.45) is 0 Å². The van der Waals surface area contributed by atoms with Crippen LogP contribution in [-0.4, -0.2) is 55.2 Å². The van der Waals surface area contributed by atoms with E-state index in [9.17, 15) is 18.7 Å². The normalized spacial score (nSPS) is 21.1. The lowest BCUT2D eigenvalue weighted by molar-refractivity contribution is -0.0159. The molecule has 2 aliphatic heterocycles. The van der Waals surface area contributed by atoms with E-state index in [0.29, 0.717) is 34.4 Å². The summed E-state index contributed by atoms with van der Waals surface area (Å²) in [6, 6.07) is 8.06. The SMILES string of the molecule is O=c1ccc2ncc(F)c3c2n1C[C@@]3(O)CN1CCC(NCc2nc3c(F)cccc3[nH]2)CC1. The molecule has 1 atom stereocenters. The number of aromatic amines is 1. The van der Waals surface area contributed by atoms with Crippen molar-refractivity contribution >= 4 is 22.1 Å². The van der Waals surface area contributed by atoms with Crippen LogP contribution in [0.1, 0.15) is 24.2 Å². The number of hydrogen-bond acceptors (Lipinski definition) is 6. The topological polar surface area (TPSA) is 99.1 Å². The number of imidazole rings is 1. The number of hydrogen-bond donors (Lipinski definition) is 3. The number of likely N-dealkylation sites (tertiary alicyclic amines) is 1. The van der Waals surface area contributed by atoms with Gasteiger partial charge in [-0.25, -0.2) is 13.8 Å². The number of para-hydroxylation sites is 1. The molecule has 0 spiro atoms. The first kappa shape index (κ1) is 21.3. The van der Waals surface area contributed by atoms with Gasteiger partial charge in [0.25, 0.3) is 5.56 Å². The molecule has 0 bridgehead atoms. The lowest BCUT2D eigenvalue weighted by Crippen LogP contribution is -2.48. The lowest BCUT2D eigenvalue weighted by atomic mass is 9.93. The van der Waals surface area contributed by atoms with Crippen LogP contribution in [0.4, 0.5) is 8.78 Å². The van der Waals surface area contributed by atoms with Crippen LogP contribution >= 0.6 is 0 Å². The molecular formula is C24H24F2N6O2. The molecule has 34 heavy (non-hydrogen) atoms. The molecular weight excluding hydrogens is 442 g/mol. The summed E-state index contributed by atoms with van der Waals surface area (Å²) in [5.74, 6) is -0.251. The predicted molar refractivity (Wildman–Crippen MR) is 122 cm³/mol. The van der Waals surface area contributed by atoms with Crippen LogP contribution in [-0.2, 0) is 18.7 Å². The minimum atomic E-state index is -1.49. The van der Waals surface area contributed by atoms with Crippen LogP contribution in [0.15, 0.2) is 41.3 Å². The van der Waals surface area contributed by atoms with Crippen molar-refractivity contribution in [3.63, 3.8) is 0 Å². The average Bonchev–Trinajstić information content (AvgIpc) is 3.38. The quantitative estimate of drug-likeness (QED) is 0.416. The Hall–Kier alpha value is -3.21. The van der Waals surface area contributed by atoms with Crippen LogP contribution < -0.4 is 10.9 Å². The summed E-state index contributed by atoms with van der Waals surface area (Å²) in [4.78, 5) is 26.0. The smallest absolute Gasteiger partial charge is 0.251 e. The number of pyridine rings is 2. The number of aliphatic hydroxyl groups is 1. The van der Waals surface area contributed by atoms with Crippen LogP contribution in [0.5, 0.6) is 0 Å². The molecule has 1 saturated heterocycles. The number of fused-ring (bicyclic) bond motifs is 1. The van der Waals surface area contributed by atoms with Gasteiger partial charge in [0.1, 0.15) is 22.8 Å². The molecule has 0 unspecified atom stereocenters. The molecule has 3 aromatic heterocycles. The van der Waals surface area contributed by atoms with Crippen molar-refractivity contribution < 1.29 is 13.9 Å². The molecule has 176 valence electrons. The maximum Gasteiger partial charge on any atom is 0.251 e. The minimum Gasteiger partial charge on any atom is -0.382 e. The van der Waals surface area contributed by atoms with Gasteiger partial charge in [-0.15, -0.1) is 0 Å². The molecule has 1 fully saturated rings. The second kappa shape index (κ2) is 7.93. The Morgan fingerprint density at radius 2 is 2.00 bits per heavy atom. The Morgan fingerprint density at radius 3 is 2.79 bits per heavy atom. The zero-order valence-electron chi connectivity index (χ0n) is 18.4. The standard InChI is InChI=1S/C24H24F2N6O2/c25-15-2-1-3-17-22(15)30-19(29-17)11-27-14-6-8-31(9-7-14)12-24(34)13-32-20(33)5-4-18-23(32)21(24)16(26)10-28-18/h1-5,10,14,27,34H,6-9,11-13H2,(H,29,30)/t24-/m0/s1. The fourth-order valence-electron chi connectivity index (χ4n) is 5.35. The van der Waals surface area contributed by atoms with Gasteiger partial charge in [0.2, 0.25) is 0 Å². The molecule has 0 aliphatic carbocycles. The number of H-pyrrole nitrogens is 1. The largest absolute Gasteiger partial charge is 0.382 e. The van der Waals surface area contributed by atoms with Crippen molar-refractivity contribution in [2.75, 3.05) is 19.6 Å². The van der Waals surface area contributed by atoms with Gasteiger partial charge in [-0.1, -0.05) is 6.07 Å². The number of nitrogens with one attached hydrogen (secondary N) is 2. The molecule has 4 aromatic rings. The fourth-order valence-corrected chi connectivity index (χ4v) is 5.35. The molecule has 0 amide bonds. The van der Waals surface area contributed by atoms with Gasteiger partial charge in [0, 0.05) is 18.7 Å². The van der Waals surface area contributed by atoms with E-state index in [2.05, 4.69) is 25.2 Å². The van der Waals surface area contributed by atoms with Crippen LogP contribution in [0.2, 0.25) is 0 Å². The van der Waals surface area contributed by atoms with Crippen molar-refractivity contribution in [3.05, 3.63) is 69.9 Å². The Bertz CT molecular complexity index is 1460. The first-order chi connectivity index (χ1) is 16.4. The Balaban J connectivity index is 1.11. The number of rotatable bonds is 5. The fraction of sp³-hybridized carbons (Fsp3) is 0.375. The highest BCUT2D eigenvalue weighted by molar-refractivity contribution is 5.81. The van der Waals surface area contributed by atoms with E-state index < -0.39 is 11.4 Å². The summed E-state index contributed by atoms with van der Waals surface area (Å²) in [6.07, 6.45) is 2.79. The second-order valence-corrected chi connectivity index (χ2v) is 9.26. The average molecular weight is 466 g/mol. The first-order valence-electron chi connectivity index (χ1n) is 11.4. The number of halogens is 2. The minimum absolute atomic E-state index is 0.0158. The molecule has 6 rings (SSSR count). The maximum atomic E-state index is 14.8. The van der Waals surface area contributed by atoms with E-state index in [0.717, 1.165) is 32.1 Å². The summed E-state index contributed by atoms with van der Waals surface area (Å²) in [6.45, 7) is 2.19. The highest BCUT2D eigenvalue weighted by atomic mass is 19.1. The monoisotopic (exact) mass is 466 g/mol. The third-order valence-corrected chi connectivity index (χ3v) is 6.98. The maximum absolute atomic E-state index is 14.8. The summed E-state index contributed by atoms with van der Waals surface area (Å²) in [7, 11) is 0. The van der Waals surface area contributed by atoms with Crippen LogP contribution in [0.25, 0.3) is 22.1 Å². The van der Waals surface area contributed by atoms with E-state index in [4.69, 9.17) is 0 Å². The molecule has 1 aromatic carbocycles. The summed E-state index contributed by atoms with van der Waals surface area (Å²) >= 11 is 0. The molecule has 3 N–H and O–H groups in total. The van der Waals surface area contributed by atoms with E-state index in [1.165, 1.54) is 16.7 Å². The van der Waals surface area contributed by atoms with Gasteiger partial charge in [-0.3, -0.25) is 14.7 Å². The zero-order chi connectivity index (χ0) is 23.4. The Labute approximate surface area is 193 Å². The molecule has 2 aliphatic rings. The summed E-state index contributed by atoms with van der Waals surface area (Å²) < 4.78 is 30.0. The predicted octanol–water partition coefficient (Wildman–Crippen LogP) is 2.01. The van der Waals surface area contributed by atoms with Gasteiger partial charge >= 0.3 is 0 Å². The lowest BCUT2D eigenvalue weighted by Gasteiger charge is -2.37. The third-order valence-electron chi connectivity index (χ3n) is 6.98. The third kappa shape index (κ3) is 3.49. The first-order valence-corrected chi connectivity index (χ1v) is 11.4. The van der Waals surface area contributed by atoms with E-state index in [1.54, 1.807) is 18.2 Å². The van der Waals surface area contributed by atoms with E-state index in [1.807, 2.05) is 0 Å². The molecule has 5 heterocycles.